The van der Waals surface area contributed by atoms with Crippen molar-refractivity contribution in [2.45, 2.75) is 44.5 Å². The molecule has 2 rings (SSSR count). The van der Waals surface area contributed by atoms with Gasteiger partial charge >= 0.3 is 0 Å². The molecular formula is C10H17FN2O2. The van der Waals surface area contributed by atoms with Crippen LogP contribution in [0.5, 0.6) is 0 Å². The van der Waals surface area contributed by atoms with Crippen LogP contribution in [-0.4, -0.2) is 24.2 Å². The highest BCUT2D eigenvalue weighted by atomic mass is 19.1. The summed E-state index contributed by atoms with van der Waals surface area (Å²) in [6.07, 6.45) is 0.313. The molecule has 0 aromatic carbocycles. The van der Waals surface area contributed by atoms with Gasteiger partial charge in [0.25, 0.3) is 0 Å². The van der Waals surface area contributed by atoms with E-state index in [-0.39, 0.29) is 12.0 Å². The Kier molecular flexibility index (Phi) is 2.93. The Morgan fingerprint density at radius 2 is 2.27 bits per heavy atom. The first-order valence-electron chi connectivity index (χ1n) is 5.44. The number of halogens is 1. The van der Waals surface area contributed by atoms with Gasteiger partial charge in [-0.2, -0.15) is 5.48 Å². The molecule has 5 unspecified atom stereocenters. The summed E-state index contributed by atoms with van der Waals surface area (Å²) >= 11 is 0. The van der Waals surface area contributed by atoms with Crippen LogP contribution < -0.4 is 11.2 Å². The van der Waals surface area contributed by atoms with Crippen molar-refractivity contribution in [3.63, 3.8) is 0 Å². The highest BCUT2D eigenvalue weighted by Gasteiger charge is 2.43. The first-order valence-corrected chi connectivity index (χ1v) is 5.44. The summed E-state index contributed by atoms with van der Waals surface area (Å²) in [4.78, 5) is 16.1. The minimum absolute atomic E-state index is 0.0179. The van der Waals surface area contributed by atoms with E-state index in [0.717, 1.165) is 6.42 Å². The predicted octanol–water partition coefficient (Wildman–Crippen LogP) is 0.518. The standard InChI is InChI=1S/C10H17FN2O2/c1-5-2-3-7(11)6-4-8(10(12)14)15-13-9(5)6/h5-9,13H,2-4H2,1H3,(H2,12,14). The Morgan fingerprint density at radius 3 is 2.93 bits per heavy atom. The van der Waals surface area contributed by atoms with Crippen molar-refractivity contribution >= 4 is 5.91 Å². The van der Waals surface area contributed by atoms with Gasteiger partial charge in [-0.1, -0.05) is 6.92 Å². The SMILES string of the molecule is CC1CCC(F)C2CC(C(N)=O)ONC12. The van der Waals surface area contributed by atoms with Crippen molar-refractivity contribution in [3.05, 3.63) is 0 Å². The van der Waals surface area contributed by atoms with Gasteiger partial charge in [-0.25, -0.2) is 4.39 Å². The molecule has 1 saturated heterocycles. The molecule has 5 heteroatoms. The lowest BCUT2D eigenvalue weighted by molar-refractivity contribution is -0.161. The number of carbonyl (C=O) groups excluding carboxylic acids is 1. The van der Waals surface area contributed by atoms with Gasteiger partial charge < -0.3 is 5.73 Å². The Hall–Kier alpha value is -0.680. The number of carbonyl (C=O) groups is 1. The van der Waals surface area contributed by atoms with Crippen LogP contribution in [0.25, 0.3) is 0 Å². The van der Waals surface area contributed by atoms with Gasteiger partial charge in [-0.3, -0.25) is 9.63 Å². The largest absolute Gasteiger partial charge is 0.367 e. The van der Waals surface area contributed by atoms with Crippen molar-refractivity contribution in [3.8, 4) is 0 Å². The second-order valence-corrected chi connectivity index (χ2v) is 4.62. The molecule has 1 saturated carbocycles. The number of hydroxylamine groups is 1. The van der Waals surface area contributed by atoms with Crippen LogP contribution in [0.2, 0.25) is 0 Å². The molecule has 0 aromatic rings. The van der Waals surface area contributed by atoms with E-state index >= 15 is 0 Å². The van der Waals surface area contributed by atoms with Crippen molar-refractivity contribution in [1.82, 2.24) is 5.48 Å². The molecule has 15 heavy (non-hydrogen) atoms. The van der Waals surface area contributed by atoms with E-state index in [4.69, 9.17) is 10.6 Å². The fourth-order valence-electron chi connectivity index (χ4n) is 2.59. The summed E-state index contributed by atoms with van der Waals surface area (Å²) in [5.41, 5.74) is 7.93. The molecule has 5 atom stereocenters. The molecule has 86 valence electrons. The second-order valence-electron chi connectivity index (χ2n) is 4.62. The van der Waals surface area contributed by atoms with E-state index in [1.54, 1.807) is 0 Å². The summed E-state index contributed by atoms with van der Waals surface area (Å²) in [5, 5.41) is 0. The first kappa shape index (κ1) is 10.8. The number of nitrogens with two attached hydrogens (primary N) is 1. The van der Waals surface area contributed by atoms with E-state index in [0.29, 0.717) is 18.8 Å². The van der Waals surface area contributed by atoms with Crippen LogP contribution in [0.4, 0.5) is 4.39 Å². The van der Waals surface area contributed by atoms with E-state index < -0.39 is 18.2 Å². The van der Waals surface area contributed by atoms with Gasteiger partial charge in [0.2, 0.25) is 5.91 Å². The molecule has 0 radical (unpaired) electrons. The van der Waals surface area contributed by atoms with Crippen molar-refractivity contribution in [2.75, 3.05) is 0 Å². The number of hydrogen-bond donors (Lipinski definition) is 2. The lowest BCUT2D eigenvalue weighted by atomic mass is 9.74. The van der Waals surface area contributed by atoms with Crippen LogP contribution in [0.15, 0.2) is 0 Å². The van der Waals surface area contributed by atoms with Crippen LogP contribution in [-0.2, 0) is 9.63 Å². The summed E-state index contributed by atoms with van der Waals surface area (Å²) in [6, 6.07) is 0.0179. The van der Waals surface area contributed by atoms with E-state index in [1.807, 2.05) is 0 Å². The van der Waals surface area contributed by atoms with E-state index in [2.05, 4.69) is 12.4 Å². The van der Waals surface area contributed by atoms with Gasteiger partial charge in [0.15, 0.2) is 6.10 Å². The molecule has 3 N–H and O–H groups in total. The Labute approximate surface area is 88.3 Å². The molecule has 1 aliphatic heterocycles. The van der Waals surface area contributed by atoms with Crippen molar-refractivity contribution < 1.29 is 14.0 Å². The fraction of sp³-hybridized carbons (Fsp3) is 0.900. The Morgan fingerprint density at radius 1 is 1.53 bits per heavy atom. The average molecular weight is 216 g/mol. The molecule has 0 spiro atoms. The molecule has 4 nitrogen and oxygen atoms in total. The number of amides is 1. The zero-order valence-corrected chi connectivity index (χ0v) is 8.78. The first-order chi connectivity index (χ1) is 7.09. The third-order valence-electron chi connectivity index (χ3n) is 3.59. The molecule has 1 heterocycles. The monoisotopic (exact) mass is 216 g/mol. The zero-order chi connectivity index (χ0) is 11.0. The quantitative estimate of drug-likeness (QED) is 0.671. The molecule has 1 amide bonds. The number of primary amides is 1. The molecule has 0 bridgehead atoms. The number of alkyl halides is 1. The lowest BCUT2D eigenvalue weighted by Crippen LogP contribution is -2.56. The minimum atomic E-state index is -0.843. The number of hydrogen-bond acceptors (Lipinski definition) is 3. The van der Waals surface area contributed by atoms with Gasteiger partial charge in [0.05, 0.1) is 0 Å². The maximum atomic E-state index is 13.7. The Balaban J connectivity index is 2.06. The van der Waals surface area contributed by atoms with E-state index in [1.165, 1.54) is 0 Å². The minimum Gasteiger partial charge on any atom is -0.367 e. The molecule has 0 aromatic heterocycles. The predicted molar refractivity (Wildman–Crippen MR) is 52.4 cm³/mol. The van der Waals surface area contributed by atoms with Gasteiger partial charge in [0, 0.05) is 12.0 Å². The lowest BCUT2D eigenvalue weighted by Gasteiger charge is -2.43. The summed E-state index contributed by atoms with van der Waals surface area (Å²) < 4.78 is 13.7. The smallest absolute Gasteiger partial charge is 0.248 e. The normalized spacial score (nSPS) is 45.9. The maximum Gasteiger partial charge on any atom is 0.248 e. The number of fused-ring (bicyclic) bond motifs is 1. The topological polar surface area (TPSA) is 64.4 Å². The second kappa shape index (κ2) is 4.06. The molecule has 2 aliphatic rings. The average Bonchev–Trinajstić information content (AvgIpc) is 2.23. The summed E-state index contributed by atoms with van der Waals surface area (Å²) in [7, 11) is 0. The molecule has 1 aliphatic carbocycles. The number of rotatable bonds is 1. The summed E-state index contributed by atoms with van der Waals surface area (Å²) in [5.74, 6) is -0.276. The van der Waals surface area contributed by atoms with Crippen LogP contribution in [0, 0.1) is 11.8 Å². The number of nitrogens with one attached hydrogen (secondary N) is 1. The highest BCUT2D eigenvalue weighted by molar-refractivity contribution is 5.78. The third kappa shape index (κ3) is 1.99. The van der Waals surface area contributed by atoms with Crippen molar-refractivity contribution in [1.29, 1.82) is 0 Å². The molecular weight excluding hydrogens is 199 g/mol. The molecule has 2 fully saturated rings. The fourth-order valence-corrected chi connectivity index (χ4v) is 2.59. The van der Waals surface area contributed by atoms with Crippen molar-refractivity contribution in [2.24, 2.45) is 17.6 Å². The van der Waals surface area contributed by atoms with Crippen LogP contribution in [0.3, 0.4) is 0 Å². The van der Waals surface area contributed by atoms with Gasteiger partial charge in [0.1, 0.15) is 6.17 Å². The van der Waals surface area contributed by atoms with Gasteiger partial charge in [-0.15, -0.1) is 0 Å². The maximum absolute atomic E-state index is 13.7. The Bertz CT molecular complexity index is 262. The summed E-state index contributed by atoms with van der Waals surface area (Å²) in [6.45, 7) is 2.07. The van der Waals surface area contributed by atoms with Crippen LogP contribution in [0.1, 0.15) is 26.2 Å². The van der Waals surface area contributed by atoms with Gasteiger partial charge in [-0.05, 0) is 25.2 Å². The van der Waals surface area contributed by atoms with Crippen LogP contribution >= 0.6 is 0 Å². The third-order valence-corrected chi connectivity index (χ3v) is 3.59. The van der Waals surface area contributed by atoms with E-state index in [9.17, 15) is 9.18 Å². The zero-order valence-electron chi connectivity index (χ0n) is 8.78. The highest BCUT2D eigenvalue weighted by Crippen LogP contribution is 2.36.